The van der Waals surface area contributed by atoms with Crippen molar-refractivity contribution in [2.45, 2.75) is 20.4 Å². The average Bonchev–Trinajstić information content (AvgIpc) is 3.22. The summed E-state index contributed by atoms with van der Waals surface area (Å²) < 4.78 is 11.0. The van der Waals surface area contributed by atoms with E-state index < -0.39 is 0 Å². The third kappa shape index (κ3) is 6.60. The van der Waals surface area contributed by atoms with Crippen molar-refractivity contribution >= 4 is 47.0 Å². The molecule has 30 heavy (non-hydrogen) atoms. The van der Waals surface area contributed by atoms with E-state index in [2.05, 4.69) is 33.1 Å². The second-order valence-corrected chi connectivity index (χ2v) is 7.05. The van der Waals surface area contributed by atoms with Gasteiger partial charge in [0.2, 0.25) is 0 Å². The molecular formula is C22H27IN4O2S. The molecule has 1 heterocycles. The summed E-state index contributed by atoms with van der Waals surface area (Å²) in [5.74, 6) is 2.09. The fourth-order valence-electron chi connectivity index (χ4n) is 2.74. The largest absolute Gasteiger partial charge is 0.493 e. The zero-order valence-corrected chi connectivity index (χ0v) is 20.5. The molecule has 6 nitrogen and oxygen atoms in total. The number of thiazole rings is 1. The Labute approximate surface area is 198 Å². The minimum atomic E-state index is 0. The van der Waals surface area contributed by atoms with Crippen LogP contribution in [-0.2, 0) is 6.54 Å². The minimum absolute atomic E-state index is 0. The maximum absolute atomic E-state index is 5.65. The number of anilines is 1. The van der Waals surface area contributed by atoms with Crippen molar-refractivity contribution in [1.82, 2.24) is 10.3 Å². The number of hydrogen-bond donors (Lipinski definition) is 2. The Morgan fingerprint density at radius 1 is 1.10 bits per heavy atom. The standard InChI is InChI=1S/C22H26N4O2S.HI/c1-4-23-22(25-17-11-12-19(27-3)20(13-17)28-5-2)24-14-21-26-18(15-29-21)16-9-7-6-8-10-16;/h6-13,15H,4-5,14H2,1-3H3,(H2,23,24,25);1H. The van der Waals surface area contributed by atoms with Gasteiger partial charge in [0.1, 0.15) is 5.01 Å². The van der Waals surface area contributed by atoms with E-state index in [0.717, 1.165) is 28.5 Å². The molecule has 2 aromatic carbocycles. The summed E-state index contributed by atoms with van der Waals surface area (Å²) in [6, 6.07) is 15.9. The summed E-state index contributed by atoms with van der Waals surface area (Å²) in [5.41, 5.74) is 2.97. The molecule has 3 rings (SSSR count). The van der Waals surface area contributed by atoms with E-state index in [1.165, 1.54) is 0 Å². The van der Waals surface area contributed by atoms with Gasteiger partial charge in [0, 0.05) is 29.2 Å². The van der Waals surface area contributed by atoms with Crippen LogP contribution in [0.15, 0.2) is 58.9 Å². The highest BCUT2D eigenvalue weighted by molar-refractivity contribution is 14.0. The fourth-order valence-corrected chi connectivity index (χ4v) is 3.46. The summed E-state index contributed by atoms with van der Waals surface area (Å²) in [5, 5.41) is 9.61. The maximum Gasteiger partial charge on any atom is 0.196 e. The number of aliphatic imine (C=N–C) groups is 1. The normalized spacial score (nSPS) is 10.8. The number of ether oxygens (including phenoxy) is 2. The third-order valence-electron chi connectivity index (χ3n) is 4.06. The predicted octanol–water partition coefficient (Wildman–Crippen LogP) is 5.41. The zero-order valence-electron chi connectivity index (χ0n) is 17.3. The first-order valence-electron chi connectivity index (χ1n) is 9.59. The van der Waals surface area contributed by atoms with Crippen LogP contribution in [0.25, 0.3) is 11.3 Å². The first-order chi connectivity index (χ1) is 14.2. The van der Waals surface area contributed by atoms with Crippen molar-refractivity contribution in [3.05, 3.63) is 58.9 Å². The van der Waals surface area contributed by atoms with Crippen LogP contribution >= 0.6 is 35.3 Å². The summed E-state index contributed by atoms with van der Waals surface area (Å²) in [7, 11) is 1.63. The van der Waals surface area contributed by atoms with Gasteiger partial charge < -0.3 is 20.1 Å². The molecule has 0 saturated carbocycles. The van der Waals surface area contributed by atoms with Gasteiger partial charge in [-0.1, -0.05) is 30.3 Å². The van der Waals surface area contributed by atoms with E-state index in [1.807, 2.05) is 50.2 Å². The van der Waals surface area contributed by atoms with Gasteiger partial charge in [-0.25, -0.2) is 9.98 Å². The summed E-state index contributed by atoms with van der Waals surface area (Å²) in [6.45, 7) is 5.81. The molecule has 0 unspecified atom stereocenters. The third-order valence-corrected chi connectivity index (χ3v) is 4.90. The number of guanidine groups is 1. The molecule has 2 N–H and O–H groups in total. The monoisotopic (exact) mass is 538 g/mol. The van der Waals surface area contributed by atoms with Gasteiger partial charge in [0.05, 0.1) is 26.0 Å². The maximum atomic E-state index is 5.65. The molecule has 0 aliphatic rings. The van der Waals surface area contributed by atoms with Gasteiger partial charge in [-0.05, 0) is 26.0 Å². The molecule has 0 atom stereocenters. The van der Waals surface area contributed by atoms with Gasteiger partial charge >= 0.3 is 0 Å². The number of aromatic nitrogens is 1. The molecular weight excluding hydrogens is 511 g/mol. The molecule has 0 amide bonds. The molecule has 3 aromatic rings. The Morgan fingerprint density at radius 2 is 1.90 bits per heavy atom. The molecule has 0 saturated heterocycles. The van der Waals surface area contributed by atoms with Gasteiger partial charge in [0.25, 0.3) is 0 Å². The molecule has 0 aliphatic heterocycles. The van der Waals surface area contributed by atoms with Crippen LogP contribution in [0, 0.1) is 0 Å². The van der Waals surface area contributed by atoms with Gasteiger partial charge in [-0.2, -0.15) is 0 Å². The Balaban J connectivity index is 0.00000320. The summed E-state index contributed by atoms with van der Waals surface area (Å²) >= 11 is 1.61. The average molecular weight is 538 g/mol. The molecule has 160 valence electrons. The van der Waals surface area contributed by atoms with Crippen molar-refractivity contribution in [3.63, 3.8) is 0 Å². The van der Waals surface area contributed by atoms with Gasteiger partial charge in [-0.3, -0.25) is 0 Å². The lowest BCUT2D eigenvalue weighted by Gasteiger charge is -2.14. The lowest BCUT2D eigenvalue weighted by atomic mass is 10.2. The molecule has 0 aliphatic carbocycles. The van der Waals surface area contributed by atoms with Crippen LogP contribution in [0.2, 0.25) is 0 Å². The smallest absolute Gasteiger partial charge is 0.196 e. The van der Waals surface area contributed by atoms with Crippen LogP contribution < -0.4 is 20.1 Å². The minimum Gasteiger partial charge on any atom is -0.493 e. The summed E-state index contributed by atoms with van der Waals surface area (Å²) in [4.78, 5) is 9.37. The number of methoxy groups -OCH3 is 1. The van der Waals surface area contributed by atoms with Gasteiger partial charge in [0.15, 0.2) is 17.5 Å². The number of nitrogens with one attached hydrogen (secondary N) is 2. The number of rotatable bonds is 8. The lowest BCUT2D eigenvalue weighted by molar-refractivity contribution is 0.311. The van der Waals surface area contributed by atoms with Crippen molar-refractivity contribution in [2.24, 2.45) is 4.99 Å². The van der Waals surface area contributed by atoms with Crippen LogP contribution in [0.1, 0.15) is 18.9 Å². The Hall–Kier alpha value is -2.33. The lowest BCUT2D eigenvalue weighted by Crippen LogP contribution is -2.30. The number of hydrogen-bond acceptors (Lipinski definition) is 5. The Bertz CT molecular complexity index is 947. The SMILES string of the molecule is CCNC(=NCc1nc(-c2ccccc2)cs1)Nc1ccc(OC)c(OCC)c1.I. The van der Waals surface area contributed by atoms with Crippen LogP contribution in [0.3, 0.4) is 0 Å². The number of nitrogens with zero attached hydrogens (tertiary/aromatic N) is 2. The molecule has 1 aromatic heterocycles. The van der Waals surface area contributed by atoms with Crippen molar-refractivity contribution in [2.75, 3.05) is 25.6 Å². The van der Waals surface area contributed by atoms with E-state index >= 15 is 0 Å². The van der Waals surface area contributed by atoms with E-state index in [-0.39, 0.29) is 24.0 Å². The molecule has 0 spiro atoms. The topological polar surface area (TPSA) is 67.8 Å². The molecule has 0 fully saturated rings. The van der Waals surface area contributed by atoms with Crippen LogP contribution in [0.5, 0.6) is 11.5 Å². The highest BCUT2D eigenvalue weighted by atomic mass is 127. The van der Waals surface area contributed by atoms with E-state index in [4.69, 9.17) is 14.5 Å². The quantitative estimate of drug-likeness (QED) is 0.228. The van der Waals surface area contributed by atoms with Crippen molar-refractivity contribution < 1.29 is 9.47 Å². The first kappa shape index (κ1) is 23.9. The molecule has 0 bridgehead atoms. The highest BCUT2D eigenvalue weighted by Gasteiger charge is 2.08. The number of halogens is 1. The van der Waals surface area contributed by atoms with Crippen molar-refractivity contribution in [3.8, 4) is 22.8 Å². The predicted molar refractivity (Wildman–Crippen MR) is 136 cm³/mol. The molecule has 8 heteroatoms. The molecule has 0 radical (unpaired) electrons. The Morgan fingerprint density at radius 3 is 2.60 bits per heavy atom. The zero-order chi connectivity index (χ0) is 20.5. The second kappa shape index (κ2) is 12.4. The van der Waals surface area contributed by atoms with E-state index in [1.54, 1.807) is 18.4 Å². The van der Waals surface area contributed by atoms with E-state index in [0.29, 0.717) is 30.6 Å². The van der Waals surface area contributed by atoms with Gasteiger partial charge in [-0.15, -0.1) is 35.3 Å². The second-order valence-electron chi connectivity index (χ2n) is 6.11. The summed E-state index contributed by atoms with van der Waals surface area (Å²) in [6.07, 6.45) is 0. The van der Waals surface area contributed by atoms with E-state index in [9.17, 15) is 0 Å². The van der Waals surface area contributed by atoms with Crippen LogP contribution in [-0.4, -0.2) is 31.2 Å². The van der Waals surface area contributed by atoms with Crippen molar-refractivity contribution in [1.29, 1.82) is 0 Å². The first-order valence-corrected chi connectivity index (χ1v) is 10.5. The van der Waals surface area contributed by atoms with Crippen LogP contribution in [0.4, 0.5) is 5.69 Å². The Kier molecular flexibility index (Phi) is 9.88. The highest BCUT2D eigenvalue weighted by Crippen LogP contribution is 2.30. The fraction of sp³-hybridized carbons (Fsp3) is 0.273. The number of benzene rings is 2.